The van der Waals surface area contributed by atoms with Gasteiger partial charge >= 0.3 is 12.1 Å². The lowest BCUT2D eigenvalue weighted by atomic mass is 9.97. The average molecular weight is 516 g/mol. The van der Waals surface area contributed by atoms with Crippen LogP contribution in [0.1, 0.15) is 38.5 Å². The zero-order valence-corrected chi connectivity index (χ0v) is 19.1. The molecule has 192 valence electrons. The van der Waals surface area contributed by atoms with Crippen LogP contribution in [0.15, 0.2) is 66.4 Å². The molecule has 8 nitrogen and oxygen atoms in total. The molecule has 1 atom stereocenters. The number of amides is 2. The van der Waals surface area contributed by atoms with Crippen molar-refractivity contribution in [2.45, 2.75) is 19.1 Å². The monoisotopic (exact) mass is 516 g/mol. The Morgan fingerprint density at radius 1 is 1.08 bits per heavy atom. The summed E-state index contributed by atoms with van der Waals surface area (Å²) in [5, 5.41) is 14.2. The van der Waals surface area contributed by atoms with E-state index in [0.717, 1.165) is 11.6 Å². The third-order valence-electron chi connectivity index (χ3n) is 5.69. The first kappa shape index (κ1) is 25.6. The first-order valence-corrected chi connectivity index (χ1v) is 11.0. The molecule has 3 aromatic rings. The second kappa shape index (κ2) is 10.2. The number of carbonyl (C=O) groups excluding carboxylic acids is 2. The van der Waals surface area contributed by atoms with E-state index in [1.807, 2.05) is 0 Å². The van der Waals surface area contributed by atoms with Crippen molar-refractivity contribution in [3.8, 4) is 0 Å². The number of alkyl halides is 3. The lowest BCUT2D eigenvalue weighted by Crippen LogP contribution is -2.27. The van der Waals surface area contributed by atoms with Gasteiger partial charge in [-0.25, -0.2) is 9.37 Å². The predicted octanol–water partition coefficient (Wildman–Crippen LogP) is 3.74. The van der Waals surface area contributed by atoms with Crippen molar-refractivity contribution in [2.75, 3.05) is 6.54 Å². The minimum absolute atomic E-state index is 0.0478. The van der Waals surface area contributed by atoms with E-state index >= 15 is 0 Å². The molecule has 1 aliphatic carbocycles. The van der Waals surface area contributed by atoms with Gasteiger partial charge in [-0.05, 0) is 41.8 Å². The Balaban J connectivity index is 1.43. The fraction of sp³-hybridized carbons (Fsp3) is 0.200. The van der Waals surface area contributed by atoms with Crippen LogP contribution < -0.4 is 10.6 Å². The number of halogens is 4. The molecule has 0 saturated heterocycles. The summed E-state index contributed by atoms with van der Waals surface area (Å²) in [6.07, 6.45) is 1.71. The maximum Gasteiger partial charge on any atom is 0.419 e. The number of fused-ring (bicyclic) bond motifs is 1. The zero-order chi connectivity index (χ0) is 26.7. The smallest absolute Gasteiger partial charge is 0.419 e. The van der Waals surface area contributed by atoms with Gasteiger partial charge in [0.05, 0.1) is 11.5 Å². The molecular weight excluding hydrogens is 496 g/mol. The van der Waals surface area contributed by atoms with E-state index in [2.05, 4.69) is 15.6 Å². The molecule has 3 N–H and O–H groups in total. The Morgan fingerprint density at radius 3 is 2.51 bits per heavy atom. The van der Waals surface area contributed by atoms with Crippen LogP contribution in [0.25, 0.3) is 5.65 Å². The number of aromatic nitrogens is 2. The van der Waals surface area contributed by atoms with Crippen LogP contribution in [0.3, 0.4) is 0 Å². The van der Waals surface area contributed by atoms with Gasteiger partial charge in [0.1, 0.15) is 22.9 Å². The Hall–Kier alpha value is -4.48. The quantitative estimate of drug-likeness (QED) is 0.414. The lowest BCUT2D eigenvalue weighted by Gasteiger charge is -2.13. The van der Waals surface area contributed by atoms with Gasteiger partial charge < -0.3 is 15.7 Å². The summed E-state index contributed by atoms with van der Waals surface area (Å²) in [6, 6.07) is 7.11. The molecule has 0 bridgehead atoms. The van der Waals surface area contributed by atoms with Crippen LogP contribution in [0.2, 0.25) is 0 Å². The number of benzene rings is 1. The summed E-state index contributed by atoms with van der Waals surface area (Å²) < 4.78 is 53.6. The number of pyridine rings is 1. The SMILES string of the molecule is O=C(NCc1ccc(F)c(C(F)(F)F)c1)c1cn2c(C(=O)NCC3=CCC(C(=O)O)C=C3)cccc2n1. The molecule has 2 aromatic heterocycles. The summed E-state index contributed by atoms with van der Waals surface area (Å²) in [6.45, 7) is -0.132. The standard InChI is InChI=1S/C25H20F4N4O4/c26-18-9-6-15(10-17(18)25(27,28)29)12-30-22(34)19-13-33-20(2-1-3-21(33)32-19)23(35)31-11-14-4-7-16(8-5-14)24(36)37/h1-7,9-10,13,16H,8,11-12H2,(H,30,34)(H,31,35)(H,36,37). The number of rotatable bonds is 7. The van der Waals surface area contributed by atoms with Crippen LogP contribution in [-0.4, -0.2) is 38.8 Å². The highest BCUT2D eigenvalue weighted by Crippen LogP contribution is 2.31. The molecule has 0 spiro atoms. The Bertz CT molecular complexity index is 1440. The Labute approximate surface area is 207 Å². The molecule has 0 radical (unpaired) electrons. The first-order valence-electron chi connectivity index (χ1n) is 11.0. The molecule has 0 saturated carbocycles. The van der Waals surface area contributed by atoms with Gasteiger partial charge in [0.2, 0.25) is 0 Å². The van der Waals surface area contributed by atoms with Gasteiger partial charge in [-0.1, -0.05) is 30.4 Å². The largest absolute Gasteiger partial charge is 0.481 e. The van der Waals surface area contributed by atoms with Gasteiger partial charge in [-0.2, -0.15) is 13.2 Å². The van der Waals surface area contributed by atoms with Crippen molar-refractivity contribution < 1.29 is 37.1 Å². The maximum atomic E-state index is 13.5. The van der Waals surface area contributed by atoms with Crippen LogP contribution in [0.4, 0.5) is 17.6 Å². The third kappa shape index (κ3) is 5.85. The summed E-state index contributed by atoms with van der Waals surface area (Å²) in [5.41, 5.74) is -0.231. The molecule has 1 aromatic carbocycles. The fourth-order valence-electron chi connectivity index (χ4n) is 3.73. The lowest BCUT2D eigenvalue weighted by molar-refractivity contribution is -0.140. The van der Waals surface area contributed by atoms with Crippen LogP contribution >= 0.6 is 0 Å². The summed E-state index contributed by atoms with van der Waals surface area (Å²) >= 11 is 0. The van der Waals surface area contributed by atoms with Crippen molar-refractivity contribution in [1.82, 2.24) is 20.0 Å². The van der Waals surface area contributed by atoms with E-state index in [1.54, 1.807) is 30.4 Å². The summed E-state index contributed by atoms with van der Waals surface area (Å²) in [4.78, 5) is 40.5. The number of nitrogens with one attached hydrogen (secondary N) is 2. The molecule has 37 heavy (non-hydrogen) atoms. The van der Waals surface area contributed by atoms with Gasteiger partial charge in [0, 0.05) is 19.3 Å². The molecule has 1 unspecified atom stereocenters. The van der Waals surface area contributed by atoms with E-state index in [0.29, 0.717) is 24.2 Å². The molecule has 0 fully saturated rings. The predicted molar refractivity (Wildman–Crippen MR) is 123 cm³/mol. The number of carboxylic acids is 1. The molecule has 2 heterocycles. The van der Waals surface area contributed by atoms with Crippen molar-refractivity contribution in [1.29, 1.82) is 0 Å². The highest BCUT2D eigenvalue weighted by molar-refractivity contribution is 5.95. The topological polar surface area (TPSA) is 113 Å². The fourth-order valence-corrected chi connectivity index (χ4v) is 3.73. The normalized spacial score (nSPS) is 15.4. The number of carbonyl (C=O) groups is 3. The second-order valence-electron chi connectivity index (χ2n) is 8.26. The Morgan fingerprint density at radius 2 is 1.84 bits per heavy atom. The minimum atomic E-state index is -4.87. The molecule has 4 rings (SSSR count). The average Bonchev–Trinajstić information content (AvgIpc) is 3.31. The van der Waals surface area contributed by atoms with Gasteiger partial charge in [-0.15, -0.1) is 0 Å². The number of hydrogen-bond donors (Lipinski definition) is 3. The molecular formula is C25H20F4N4O4. The second-order valence-corrected chi connectivity index (χ2v) is 8.26. The van der Waals surface area contributed by atoms with Gasteiger partial charge in [-0.3, -0.25) is 18.8 Å². The van der Waals surface area contributed by atoms with Crippen molar-refractivity contribution in [3.63, 3.8) is 0 Å². The number of nitrogens with zero attached hydrogens (tertiary/aromatic N) is 2. The highest BCUT2D eigenvalue weighted by atomic mass is 19.4. The highest BCUT2D eigenvalue weighted by Gasteiger charge is 2.34. The Kier molecular flexibility index (Phi) is 7.09. The van der Waals surface area contributed by atoms with Crippen molar-refractivity contribution in [2.24, 2.45) is 5.92 Å². The summed E-state index contributed by atoms with van der Waals surface area (Å²) in [5.74, 6) is -4.09. The first-order chi connectivity index (χ1) is 17.5. The minimum Gasteiger partial charge on any atom is -0.481 e. The maximum absolute atomic E-state index is 13.5. The molecule has 1 aliphatic rings. The van der Waals surface area contributed by atoms with E-state index in [-0.39, 0.29) is 30.0 Å². The van der Waals surface area contributed by atoms with Crippen molar-refractivity contribution >= 4 is 23.4 Å². The number of aliphatic carboxylic acids is 1. The van der Waals surface area contributed by atoms with Gasteiger partial charge in [0.25, 0.3) is 11.8 Å². The number of imidazole rings is 1. The number of carboxylic acid groups (broad SMARTS) is 1. The van der Waals surface area contributed by atoms with E-state index < -0.39 is 41.3 Å². The summed E-state index contributed by atoms with van der Waals surface area (Å²) in [7, 11) is 0. The third-order valence-corrected chi connectivity index (χ3v) is 5.69. The van der Waals surface area contributed by atoms with Crippen LogP contribution in [0, 0.1) is 11.7 Å². The number of hydrogen-bond acceptors (Lipinski definition) is 4. The van der Waals surface area contributed by atoms with Crippen LogP contribution in [0.5, 0.6) is 0 Å². The molecule has 2 amide bonds. The van der Waals surface area contributed by atoms with Crippen LogP contribution in [-0.2, 0) is 17.5 Å². The molecule has 0 aliphatic heterocycles. The van der Waals surface area contributed by atoms with Crippen molar-refractivity contribution in [3.05, 3.63) is 94.7 Å². The zero-order valence-electron chi connectivity index (χ0n) is 19.1. The van der Waals surface area contributed by atoms with Gasteiger partial charge in [0.15, 0.2) is 0 Å². The van der Waals surface area contributed by atoms with E-state index in [4.69, 9.17) is 5.11 Å². The molecule has 12 heteroatoms. The van der Waals surface area contributed by atoms with E-state index in [9.17, 15) is 31.9 Å². The van der Waals surface area contributed by atoms with E-state index in [1.165, 1.54) is 16.7 Å². The number of allylic oxidation sites excluding steroid dienone is 1.